The summed E-state index contributed by atoms with van der Waals surface area (Å²) in [6.45, 7) is 1.63. The summed E-state index contributed by atoms with van der Waals surface area (Å²) in [6, 6.07) is 9.01. The van der Waals surface area contributed by atoms with E-state index in [9.17, 15) is 4.79 Å². The predicted octanol–water partition coefficient (Wildman–Crippen LogP) is 2.53. The summed E-state index contributed by atoms with van der Waals surface area (Å²) in [4.78, 5) is 11.8. The Morgan fingerprint density at radius 1 is 1.63 bits per heavy atom. The Balaban J connectivity index is 1.86. The number of nitrogens with zero attached hydrogens (tertiary/aromatic N) is 1. The molecule has 4 nitrogen and oxygen atoms in total. The van der Waals surface area contributed by atoms with Crippen molar-refractivity contribution < 1.29 is 9.53 Å². The van der Waals surface area contributed by atoms with Gasteiger partial charge in [-0.2, -0.15) is 5.26 Å². The topological polar surface area (TPSA) is 62.1 Å². The van der Waals surface area contributed by atoms with Gasteiger partial charge in [-0.1, -0.05) is 17.7 Å². The lowest BCUT2D eigenvalue weighted by atomic mass is 9.98. The zero-order valence-electron chi connectivity index (χ0n) is 10.6. The normalized spacial score (nSPS) is 17.1. The SMILES string of the molecule is C[C@](C#N)(NC(=O)COc1cccc(Cl)c1)C1CC1. The highest BCUT2D eigenvalue weighted by atomic mass is 35.5. The molecule has 1 amide bonds. The zero-order valence-corrected chi connectivity index (χ0v) is 11.4. The molecule has 2 rings (SSSR count). The van der Waals surface area contributed by atoms with Crippen molar-refractivity contribution in [3.63, 3.8) is 0 Å². The molecule has 1 aromatic rings. The van der Waals surface area contributed by atoms with Gasteiger partial charge in [-0.15, -0.1) is 0 Å². The lowest BCUT2D eigenvalue weighted by molar-refractivity contribution is -0.124. The summed E-state index contributed by atoms with van der Waals surface area (Å²) in [6.07, 6.45) is 1.97. The van der Waals surface area contributed by atoms with Crippen molar-refractivity contribution in [2.45, 2.75) is 25.3 Å². The number of rotatable bonds is 5. The molecule has 1 aliphatic rings. The van der Waals surface area contributed by atoms with Crippen LogP contribution in [0, 0.1) is 17.2 Å². The first-order valence-electron chi connectivity index (χ1n) is 6.14. The van der Waals surface area contributed by atoms with E-state index in [-0.39, 0.29) is 18.4 Å². The Morgan fingerprint density at radius 3 is 2.95 bits per heavy atom. The maximum Gasteiger partial charge on any atom is 0.259 e. The molecule has 0 saturated heterocycles. The van der Waals surface area contributed by atoms with Gasteiger partial charge >= 0.3 is 0 Å². The summed E-state index contributed by atoms with van der Waals surface area (Å²) >= 11 is 5.82. The number of benzene rings is 1. The van der Waals surface area contributed by atoms with E-state index in [2.05, 4.69) is 11.4 Å². The van der Waals surface area contributed by atoms with Gasteiger partial charge in [0, 0.05) is 5.02 Å². The summed E-state index contributed by atoms with van der Waals surface area (Å²) in [5.41, 5.74) is -0.783. The molecule has 1 fully saturated rings. The minimum atomic E-state index is -0.783. The van der Waals surface area contributed by atoms with E-state index >= 15 is 0 Å². The maximum atomic E-state index is 11.8. The molecule has 5 heteroatoms. The number of nitriles is 1. The second kappa shape index (κ2) is 5.50. The Labute approximate surface area is 117 Å². The Kier molecular flexibility index (Phi) is 3.96. The van der Waals surface area contributed by atoms with E-state index in [0.29, 0.717) is 10.8 Å². The average Bonchev–Trinajstić information content (AvgIpc) is 3.21. The third kappa shape index (κ3) is 3.62. The molecule has 0 unspecified atom stereocenters. The molecule has 19 heavy (non-hydrogen) atoms. The first kappa shape index (κ1) is 13.7. The van der Waals surface area contributed by atoms with E-state index < -0.39 is 5.54 Å². The molecule has 1 saturated carbocycles. The van der Waals surface area contributed by atoms with Crippen LogP contribution in [0.4, 0.5) is 0 Å². The molecule has 0 bridgehead atoms. The second-order valence-electron chi connectivity index (χ2n) is 4.88. The van der Waals surface area contributed by atoms with Gasteiger partial charge in [-0.3, -0.25) is 4.79 Å². The number of nitrogens with one attached hydrogen (secondary N) is 1. The standard InChI is InChI=1S/C14H15ClN2O2/c1-14(9-16,10-5-6-10)17-13(18)8-19-12-4-2-3-11(15)7-12/h2-4,7,10H,5-6,8H2,1H3,(H,17,18)/t14-/m1/s1. The van der Waals surface area contributed by atoms with E-state index in [1.807, 2.05) is 0 Å². The number of carbonyl (C=O) groups is 1. The molecule has 0 aliphatic heterocycles. The van der Waals surface area contributed by atoms with Crippen LogP contribution >= 0.6 is 11.6 Å². The fourth-order valence-electron chi connectivity index (χ4n) is 1.91. The van der Waals surface area contributed by atoms with Crippen molar-refractivity contribution in [2.24, 2.45) is 5.92 Å². The van der Waals surface area contributed by atoms with Crippen molar-refractivity contribution in [1.29, 1.82) is 5.26 Å². The quantitative estimate of drug-likeness (QED) is 0.900. The molecule has 1 atom stereocenters. The molecule has 100 valence electrons. The molecule has 0 spiro atoms. The third-order valence-corrected chi connectivity index (χ3v) is 3.43. The fraction of sp³-hybridized carbons (Fsp3) is 0.429. The number of amides is 1. The van der Waals surface area contributed by atoms with Crippen molar-refractivity contribution in [3.05, 3.63) is 29.3 Å². The summed E-state index contributed by atoms with van der Waals surface area (Å²) in [5, 5.41) is 12.4. The number of carbonyl (C=O) groups excluding carboxylic acids is 1. The molecule has 1 aromatic carbocycles. The Bertz CT molecular complexity index is 522. The number of hydrogen-bond donors (Lipinski definition) is 1. The zero-order chi connectivity index (χ0) is 13.9. The second-order valence-corrected chi connectivity index (χ2v) is 5.32. The molecule has 1 N–H and O–H groups in total. The predicted molar refractivity (Wildman–Crippen MR) is 71.8 cm³/mol. The third-order valence-electron chi connectivity index (χ3n) is 3.19. The van der Waals surface area contributed by atoms with Gasteiger partial charge in [0.1, 0.15) is 11.3 Å². The first-order chi connectivity index (χ1) is 9.03. The molecule has 0 radical (unpaired) electrons. The van der Waals surface area contributed by atoms with Crippen LogP contribution in [0.15, 0.2) is 24.3 Å². The Hall–Kier alpha value is -1.73. The maximum absolute atomic E-state index is 11.8. The number of halogens is 1. The van der Waals surface area contributed by atoms with Crippen molar-refractivity contribution in [1.82, 2.24) is 5.32 Å². The minimum absolute atomic E-state index is 0.121. The molecular formula is C14H15ClN2O2. The van der Waals surface area contributed by atoms with Crippen LogP contribution in [0.5, 0.6) is 5.75 Å². The monoisotopic (exact) mass is 278 g/mol. The van der Waals surface area contributed by atoms with Gasteiger partial charge in [0.25, 0.3) is 5.91 Å². The van der Waals surface area contributed by atoms with E-state index in [1.54, 1.807) is 31.2 Å². The molecule has 0 aromatic heterocycles. The Morgan fingerprint density at radius 2 is 2.37 bits per heavy atom. The molecular weight excluding hydrogens is 264 g/mol. The van der Waals surface area contributed by atoms with E-state index in [1.165, 1.54) is 0 Å². The van der Waals surface area contributed by atoms with E-state index in [4.69, 9.17) is 21.6 Å². The lowest BCUT2D eigenvalue weighted by Crippen LogP contribution is -2.48. The van der Waals surface area contributed by atoms with Gasteiger partial charge in [-0.05, 0) is 43.9 Å². The first-order valence-corrected chi connectivity index (χ1v) is 6.52. The van der Waals surface area contributed by atoms with Gasteiger partial charge in [0.2, 0.25) is 0 Å². The average molecular weight is 279 g/mol. The fourth-order valence-corrected chi connectivity index (χ4v) is 2.09. The van der Waals surface area contributed by atoms with Crippen LogP contribution in [0.25, 0.3) is 0 Å². The highest BCUT2D eigenvalue weighted by Gasteiger charge is 2.43. The van der Waals surface area contributed by atoms with Gasteiger partial charge < -0.3 is 10.1 Å². The molecule has 1 aliphatic carbocycles. The van der Waals surface area contributed by atoms with Gasteiger partial charge in [0.15, 0.2) is 6.61 Å². The van der Waals surface area contributed by atoms with E-state index in [0.717, 1.165) is 12.8 Å². The smallest absolute Gasteiger partial charge is 0.259 e. The number of ether oxygens (including phenoxy) is 1. The van der Waals surface area contributed by atoms with Gasteiger partial charge in [0.05, 0.1) is 6.07 Å². The summed E-state index contributed by atoms with van der Waals surface area (Å²) in [5.74, 6) is 0.497. The highest BCUT2D eigenvalue weighted by Crippen LogP contribution is 2.39. The van der Waals surface area contributed by atoms with Crippen LogP contribution in [0.3, 0.4) is 0 Å². The largest absolute Gasteiger partial charge is 0.484 e. The van der Waals surface area contributed by atoms with Crippen LogP contribution < -0.4 is 10.1 Å². The van der Waals surface area contributed by atoms with Crippen molar-refractivity contribution >= 4 is 17.5 Å². The van der Waals surface area contributed by atoms with Crippen molar-refractivity contribution in [3.8, 4) is 11.8 Å². The van der Waals surface area contributed by atoms with Crippen LogP contribution in [-0.4, -0.2) is 18.1 Å². The summed E-state index contributed by atoms with van der Waals surface area (Å²) in [7, 11) is 0. The number of hydrogen-bond acceptors (Lipinski definition) is 3. The lowest BCUT2D eigenvalue weighted by Gasteiger charge is -2.22. The van der Waals surface area contributed by atoms with Gasteiger partial charge in [-0.25, -0.2) is 0 Å². The van der Waals surface area contributed by atoms with Crippen molar-refractivity contribution in [2.75, 3.05) is 6.61 Å². The molecule has 0 heterocycles. The van der Waals surface area contributed by atoms with Crippen LogP contribution in [-0.2, 0) is 4.79 Å². The highest BCUT2D eigenvalue weighted by molar-refractivity contribution is 6.30. The minimum Gasteiger partial charge on any atom is -0.484 e. The van der Waals surface area contributed by atoms with Crippen LogP contribution in [0.2, 0.25) is 5.02 Å². The van der Waals surface area contributed by atoms with Crippen LogP contribution in [0.1, 0.15) is 19.8 Å². The summed E-state index contributed by atoms with van der Waals surface area (Å²) < 4.78 is 5.33.